The molecule has 0 radical (unpaired) electrons. The van der Waals surface area contributed by atoms with Crippen LogP contribution in [0, 0.1) is 12.8 Å². The number of hydrogen-bond acceptors (Lipinski definition) is 24. The average Bonchev–Trinajstić information content (AvgIpc) is 1.67. The molecule has 7 atom stereocenters. The van der Waals surface area contributed by atoms with Gasteiger partial charge in [-0.2, -0.15) is 0 Å². The van der Waals surface area contributed by atoms with Crippen molar-refractivity contribution in [3.05, 3.63) is 166 Å². The molecule has 0 aliphatic carbocycles. The number of nitrogens with zero attached hydrogens (tertiary/aromatic N) is 9. The van der Waals surface area contributed by atoms with Gasteiger partial charge in [-0.1, -0.05) is 49.4 Å². The number of phenols is 1. The summed E-state index contributed by atoms with van der Waals surface area (Å²) in [4.78, 5) is 141. The molecule has 5 amide bonds. The molecular weight excluding hydrogens is 1280 g/mol. The Bertz CT molecular complexity index is 4370. The van der Waals surface area contributed by atoms with Crippen LogP contribution in [0.1, 0.15) is 135 Å². The molecule has 2 aliphatic rings. The molecule has 10 aromatic rings. The smallest absolute Gasteiger partial charge is 0.306 e. The van der Waals surface area contributed by atoms with Crippen LogP contribution in [0.5, 0.6) is 5.75 Å². The highest BCUT2D eigenvalue weighted by Gasteiger charge is 2.48. The number of benzene rings is 2. The topological polar surface area (TPSA) is 367 Å². The first kappa shape index (κ1) is 62.0. The van der Waals surface area contributed by atoms with Crippen LogP contribution in [0.3, 0.4) is 0 Å². The third-order valence-electron chi connectivity index (χ3n) is 15.4. The molecule has 464 valence electrons. The van der Waals surface area contributed by atoms with Gasteiger partial charge in [0.25, 0.3) is 17.7 Å². The van der Waals surface area contributed by atoms with Crippen molar-refractivity contribution >= 4 is 109 Å². The van der Waals surface area contributed by atoms with Crippen molar-refractivity contribution in [1.29, 1.82) is 0 Å². The lowest BCUT2D eigenvalue weighted by atomic mass is 9.90. The van der Waals surface area contributed by atoms with Crippen molar-refractivity contribution < 1.29 is 48.5 Å². The van der Waals surface area contributed by atoms with E-state index in [9.17, 15) is 39.0 Å². The molecule has 0 spiro atoms. The van der Waals surface area contributed by atoms with Gasteiger partial charge >= 0.3 is 5.97 Å². The van der Waals surface area contributed by atoms with E-state index < -0.39 is 83.5 Å². The van der Waals surface area contributed by atoms with Gasteiger partial charge in [0.1, 0.15) is 82.8 Å². The van der Waals surface area contributed by atoms with Crippen LogP contribution < -0.4 is 22.1 Å². The monoisotopic (exact) mass is 1330 g/mol. The second-order valence-corrected chi connectivity index (χ2v) is 27.2. The number of ketones is 1. The molecule has 8 aromatic heterocycles. The number of fused-ring (bicyclic) bond motifs is 16. The van der Waals surface area contributed by atoms with E-state index in [1.807, 2.05) is 12.3 Å². The number of aromatic amines is 1. The van der Waals surface area contributed by atoms with E-state index in [4.69, 9.17) is 46.1 Å². The number of ether oxygens (including phenoxy) is 1. The minimum Gasteiger partial charge on any atom is -0.508 e. The van der Waals surface area contributed by atoms with Crippen molar-refractivity contribution in [2.45, 2.75) is 88.6 Å². The fraction of sp³-hybridized carbons (Fsp3) is 0.262. The number of rotatable bonds is 13. The number of carbonyl (C=O) groups is 7. The minimum absolute atomic E-state index is 0.0130. The average molecular weight is 1340 g/mol. The molecule has 1 fully saturated rings. The first-order valence-corrected chi connectivity index (χ1v) is 33.6. The van der Waals surface area contributed by atoms with Gasteiger partial charge in [-0.15, -0.1) is 68.0 Å². The van der Waals surface area contributed by atoms with Gasteiger partial charge in [-0.25, -0.2) is 39.9 Å². The van der Waals surface area contributed by atoms with E-state index in [2.05, 4.69) is 25.6 Å². The zero-order chi connectivity index (χ0) is 63.6. The van der Waals surface area contributed by atoms with E-state index >= 15 is 4.79 Å². The van der Waals surface area contributed by atoms with E-state index in [0.29, 0.717) is 77.2 Å². The van der Waals surface area contributed by atoms with Crippen LogP contribution in [0.4, 0.5) is 0 Å². The number of aliphatic hydroxyl groups is 1. The van der Waals surface area contributed by atoms with Gasteiger partial charge in [0.05, 0.1) is 48.2 Å². The number of aryl methyl sites for hydroxylation is 2. The first-order chi connectivity index (χ1) is 43.9. The van der Waals surface area contributed by atoms with Crippen LogP contribution in [0.15, 0.2) is 106 Å². The number of aliphatic hydroxyl groups excluding tert-OH is 1. The number of pyridine rings is 1. The highest BCUT2D eigenvalue weighted by Crippen LogP contribution is 2.44. The standard InChI is InChI=1S/C61H54N14O10S6/c1-28-45(85-47(79)10-6-9-32-20-64-27-65-32)21-75-50(28)60-73-43(26-90-60)58-69-39(22-88-58)49-34(15-16-36(66-49)57-70-40(23-89-57)52(63)81)55-71-41(24-86-55)53(82)67-37(19-46(62)78)59-74-48(29(2)91-59)44(77)18-35(51(80)31-7-4-3-5-8-31)56-72-42(25-87-56)54(83)68-38(61(75)84)17-30-11-13-33(76)14-12-30/h3-5,7-8,11-16,20,22-28,35,37-38,45,50-51,76,80H,6,9-10,17-19,21H2,1-2H3,(H2,62,78)(H2,63,81)(H,64,65)(H,67,82)(H,68,83)/t28-,35-,37-,38-,45-,50-,51+/m0/s1. The molecule has 91 heavy (non-hydrogen) atoms. The molecule has 9 N–H and O–H groups in total. The number of aromatic hydroxyl groups is 1. The van der Waals surface area contributed by atoms with Gasteiger partial charge in [0, 0.05) is 80.3 Å². The number of esters is 1. The molecule has 2 aromatic carbocycles. The summed E-state index contributed by atoms with van der Waals surface area (Å²) >= 11 is 6.96. The number of nitrogens with one attached hydrogen (secondary N) is 3. The van der Waals surface area contributed by atoms with Gasteiger partial charge < -0.3 is 46.9 Å². The number of aromatic nitrogens is 9. The summed E-state index contributed by atoms with van der Waals surface area (Å²) in [5.41, 5.74) is 15.2. The Balaban J connectivity index is 0.960. The lowest BCUT2D eigenvalue weighted by molar-refractivity contribution is -0.150. The second kappa shape index (κ2) is 26.7. The van der Waals surface area contributed by atoms with Gasteiger partial charge in [0.15, 0.2) is 5.78 Å². The Hall–Kier alpha value is -9.17. The maximum atomic E-state index is 15.7. The number of nitrogens with two attached hydrogens (primary N) is 2. The number of primary amides is 2. The lowest BCUT2D eigenvalue weighted by Crippen LogP contribution is -2.50. The third kappa shape index (κ3) is 13.6. The molecular formula is C61H54N14O10S6. The van der Waals surface area contributed by atoms with E-state index in [0.717, 1.165) is 39.7 Å². The fourth-order valence-corrected chi connectivity index (χ4v) is 16.2. The molecule has 30 heteroatoms. The largest absolute Gasteiger partial charge is 0.508 e. The summed E-state index contributed by atoms with van der Waals surface area (Å²) in [7, 11) is 0. The Morgan fingerprint density at radius 2 is 1.41 bits per heavy atom. The Labute approximate surface area is 542 Å². The predicted molar refractivity (Wildman–Crippen MR) is 341 cm³/mol. The second-order valence-electron chi connectivity index (χ2n) is 21.6. The minimum atomic E-state index is -1.32. The number of imidazole rings is 1. The molecule has 1 saturated heterocycles. The molecule has 0 saturated carbocycles. The Morgan fingerprint density at radius 3 is 2.15 bits per heavy atom. The van der Waals surface area contributed by atoms with Crippen LogP contribution in [0.2, 0.25) is 0 Å². The number of carbonyl (C=O) groups excluding carboxylic acids is 7. The Kier molecular flexibility index (Phi) is 18.2. The van der Waals surface area contributed by atoms with Gasteiger partial charge in [-0.05, 0) is 55.2 Å². The summed E-state index contributed by atoms with van der Waals surface area (Å²) < 4.78 is 6.22. The lowest BCUT2D eigenvalue weighted by Gasteiger charge is -2.29. The SMILES string of the molecule is Cc1sc2nc1C(=O)C[C@@H]([C@H](O)c1ccccc1)c1nc(cs1)C(=O)N[C@@H](Cc1ccc(O)cc1)C(=O)N1C[C@H](OC(=O)CCCc3cnc[nH]3)[C@H](C)[C@H]1c1nc(cs1)-c1nc(cs1)-c1nc(-c3nc(C(N)=O)cs3)ccc1-c1nc(cs1)C(=O)N[C@H]2CC(N)=O. The maximum Gasteiger partial charge on any atom is 0.306 e. The summed E-state index contributed by atoms with van der Waals surface area (Å²) in [6.07, 6.45) is 1.44. The number of amides is 5. The van der Waals surface area contributed by atoms with Crippen molar-refractivity contribution in [3.63, 3.8) is 0 Å². The highest BCUT2D eigenvalue weighted by atomic mass is 32.1. The predicted octanol–water partition coefficient (Wildman–Crippen LogP) is 8.57. The zero-order valence-corrected chi connectivity index (χ0v) is 53.1. The number of Topliss-reactive ketones (excluding diaryl/α,β-unsaturated/α-hetero) is 1. The van der Waals surface area contributed by atoms with Crippen LogP contribution >= 0.6 is 68.0 Å². The number of thiazole rings is 6. The fourth-order valence-electron chi connectivity index (χ4n) is 10.8. The first-order valence-electron chi connectivity index (χ1n) is 28.4. The highest BCUT2D eigenvalue weighted by molar-refractivity contribution is 7.15. The maximum absolute atomic E-state index is 15.7. The zero-order valence-electron chi connectivity index (χ0n) is 48.2. The van der Waals surface area contributed by atoms with Crippen molar-refractivity contribution in [3.8, 4) is 49.1 Å². The van der Waals surface area contributed by atoms with Crippen molar-refractivity contribution in [2.24, 2.45) is 17.4 Å². The van der Waals surface area contributed by atoms with Gasteiger partial charge in [0.2, 0.25) is 11.8 Å². The van der Waals surface area contributed by atoms with E-state index in [1.54, 1.807) is 89.7 Å². The van der Waals surface area contributed by atoms with Crippen LogP contribution in [0.25, 0.3) is 43.4 Å². The van der Waals surface area contributed by atoms with Crippen molar-refractivity contribution in [1.82, 2.24) is 60.4 Å². The molecule has 0 unspecified atom stereocenters. The molecule has 12 rings (SSSR count). The summed E-state index contributed by atoms with van der Waals surface area (Å²) in [5.74, 6) is -6.00. The number of H-pyrrole nitrogens is 1. The molecule has 10 heterocycles. The molecule has 24 nitrogen and oxygen atoms in total. The van der Waals surface area contributed by atoms with Crippen molar-refractivity contribution in [2.75, 3.05) is 6.54 Å². The normalized spacial score (nSPS) is 19.1. The Morgan fingerprint density at radius 1 is 0.725 bits per heavy atom. The van der Waals surface area contributed by atoms with E-state index in [-0.39, 0.29) is 70.8 Å². The third-order valence-corrected chi connectivity index (χ3v) is 21.0. The van der Waals surface area contributed by atoms with Gasteiger partial charge in [-0.3, -0.25) is 33.6 Å². The number of hydrogen-bond donors (Lipinski definition) is 7. The molecule has 10 bridgehead atoms. The molecule has 2 aliphatic heterocycles. The van der Waals surface area contributed by atoms with Crippen LogP contribution in [-0.4, -0.2) is 120 Å². The summed E-state index contributed by atoms with van der Waals surface area (Å²) in [5, 5.41) is 38.5. The van der Waals surface area contributed by atoms with Crippen LogP contribution in [-0.2, 0) is 32.0 Å². The van der Waals surface area contributed by atoms with E-state index in [1.165, 1.54) is 56.9 Å². The summed E-state index contributed by atoms with van der Waals surface area (Å²) in [6, 6.07) is 15.1. The summed E-state index contributed by atoms with van der Waals surface area (Å²) in [6.45, 7) is 3.47. The quantitative estimate of drug-likeness (QED) is 0.0531. The number of phenolic OH excluding ortho intramolecular Hbond substituents is 1.